The maximum atomic E-state index is 13.4. The van der Waals surface area contributed by atoms with Gasteiger partial charge in [-0.2, -0.15) is 0 Å². The van der Waals surface area contributed by atoms with Crippen LogP contribution < -0.4 is 9.47 Å². The molecule has 1 unspecified atom stereocenters. The van der Waals surface area contributed by atoms with E-state index in [1.54, 1.807) is 12.1 Å². The molecule has 19 heavy (non-hydrogen) atoms. The summed E-state index contributed by atoms with van der Waals surface area (Å²) in [6.45, 7) is 3.94. The molecule has 0 fully saturated rings. The van der Waals surface area contributed by atoms with Crippen molar-refractivity contribution in [1.82, 2.24) is 4.98 Å². The monoisotopic (exact) mass is 277 g/mol. The van der Waals surface area contributed by atoms with E-state index >= 15 is 0 Å². The predicted molar refractivity (Wildman–Crippen MR) is 65.9 cm³/mol. The summed E-state index contributed by atoms with van der Waals surface area (Å²) in [6, 6.07) is 3.24. The van der Waals surface area contributed by atoms with Gasteiger partial charge in [0.15, 0.2) is 5.75 Å². The lowest BCUT2D eigenvalue weighted by atomic mass is 10.1. The summed E-state index contributed by atoms with van der Waals surface area (Å²) in [5.74, 6) is 0.503. The number of halogens is 3. The standard InChI is InChI=1S/C13H18F3NO2/c1-8(2)9-5-6-10(11(17-9)18-4)19-7-13(3,16)12(14)15/h5-6,8,12H,7H2,1-4H3. The zero-order valence-corrected chi connectivity index (χ0v) is 11.4. The van der Waals surface area contributed by atoms with Crippen LogP contribution in [0.1, 0.15) is 32.4 Å². The van der Waals surface area contributed by atoms with E-state index in [0.29, 0.717) is 0 Å². The van der Waals surface area contributed by atoms with Crippen molar-refractivity contribution in [2.75, 3.05) is 13.7 Å². The zero-order chi connectivity index (χ0) is 14.6. The van der Waals surface area contributed by atoms with Gasteiger partial charge in [0.25, 0.3) is 12.3 Å². The van der Waals surface area contributed by atoms with Crippen LogP contribution in [0.4, 0.5) is 13.2 Å². The van der Waals surface area contributed by atoms with Gasteiger partial charge in [-0.1, -0.05) is 13.8 Å². The van der Waals surface area contributed by atoms with Crippen LogP contribution in [0.3, 0.4) is 0 Å². The first-order valence-electron chi connectivity index (χ1n) is 5.92. The smallest absolute Gasteiger partial charge is 0.275 e. The second kappa shape index (κ2) is 6.12. The number of pyridine rings is 1. The van der Waals surface area contributed by atoms with Gasteiger partial charge in [0, 0.05) is 5.69 Å². The van der Waals surface area contributed by atoms with Crippen LogP contribution in [0, 0.1) is 0 Å². The summed E-state index contributed by atoms with van der Waals surface area (Å²) in [6.07, 6.45) is -3.11. The van der Waals surface area contributed by atoms with Gasteiger partial charge < -0.3 is 9.47 Å². The quantitative estimate of drug-likeness (QED) is 0.796. The largest absolute Gasteiger partial charge is 0.484 e. The Labute approximate surface area is 110 Å². The Hall–Kier alpha value is -1.46. The molecule has 0 saturated carbocycles. The van der Waals surface area contributed by atoms with E-state index < -0.39 is 18.7 Å². The first kappa shape index (κ1) is 15.6. The van der Waals surface area contributed by atoms with E-state index in [0.717, 1.165) is 12.6 Å². The number of aromatic nitrogens is 1. The molecule has 0 N–H and O–H groups in total. The minimum Gasteiger partial charge on any atom is -0.484 e. The fourth-order valence-corrected chi connectivity index (χ4v) is 1.30. The van der Waals surface area contributed by atoms with Crippen molar-refractivity contribution in [2.24, 2.45) is 0 Å². The summed E-state index contributed by atoms with van der Waals surface area (Å²) in [4.78, 5) is 4.18. The highest BCUT2D eigenvalue weighted by Gasteiger charge is 2.36. The molecule has 0 spiro atoms. The molecule has 1 atom stereocenters. The van der Waals surface area contributed by atoms with Gasteiger partial charge in [-0.15, -0.1) is 0 Å². The fourth-order valence-electron chi connectivity index (χ4n) is 1.30. The number of ether oxygens (including phenoxy) is 2. The van der Waals surface area contributed by atoms with Gasteiger partial charge in [0.1, 0.15) is 6.61 Å². The highest BCUT2D eigenvalue weighted by Crippen LogP contribution is 2.29. The maximum absolute atomic E-state index is 13.4. The second-order valence-corrected chi connectivity index (χ2v) is 4.77. The zero-order valence-electron chi connectivity index (χ0n) is 11.4. The van der Waals surface area contributed by atoms with E-state index in [2.05, 4.69) is 4.98 Å². The summed E-state index contributed by atoms with van der Waals surface area (Å²) in [5.41, 5.74) is -1.93. The summed E-state index contributed by atoms with van der Waals surface area (Å²) < 4.78 is 48.2. The van der Waals surface area contributed by atoms with Crippen LogP contribution in [0.15, 0.2) is 12.1 Å². The van der Waals surface area contributed by atoms with Gasteiger partial charge in [-0.05, 0) is 25.0 Å². The minimum atomic E-state index is -3.11. The van der Waals surface area contributed by atoms with Crippen LogP contribution in [-0.2, 0) is 0 Å². The lowest BCUT2D eigenvalue weighted by Gasteiger charge is -2.20. The number of alkyl halides is 3. The SMILES string of the molecule is COc1nc(C(C)C)ccc1OCC(C)(F)C(F)F. The van der Waals surface area contributed by atoms with Crippen molar-refractivity contribution in [1.29, 1.82) is 0 Å². The number of hydrogen-bond donors (Lipinski definition) is 0. The molecular formula is C13H18F3NO2. The molecule has 0 radical (unpaired) electrons. The molecule has 0 aromatic carbocycles. The Bertz CT molecular complexity index is 422. The Morgan fingerprint density at radius 1 is 1.32 bits per heavy atom. The van der Waals surface area contributed by atoms with Crippen LogP contribution in [-0.4, -0.2) is 30.8 Å². The Kier molecular flexibility index (Phi) is 5.03. The van der Waals surface area contributed by atoms with Crippen molar-refractivity contribution in [3.63, 3.8) is 0 Å². The number of hydrogen-bond acceptors (Lipinski definition) is 3. The molecule has 0 aliphatic heterocycles. The van der Waals surface area contributed by atoms with Crippen molar-refractivity contribution in [3.8, 4) is 11.6 Å². The fraction of sp³-hybridized carbons (Fsp3) is 0.615. The third-order valence-corrected chi connectivity index (χ3v) is 2.60. The molecule has 0 saturated heterocycles. The third-order valence-electron chi connectivity index (χ3n) is 2.60. The second-order valence-electron chi connectivity index (χ2n) is 4.77. The normalized spacial score (nSPS) is 14.6. The number of nitrogens with zero attached hydrogens (tertiary/aromatic N) is 1. The summed E-state index contributed by atoms with van der Waals surface area (Å²) in [7, 11) is 1.39. The number of methoxy groups -OCH3 is 1. The molecule has 1 aromatic rings. The molecule has 1 heterocycles. The molecule has 3 nitrogen and oxygen atoms in total. The highest BCUT2D eigenvalue weighted by molar-refractivity contribution is 5.35. The van der Waals surface area contributed by atoms with Gasteiger partial charge in [-0.25, -0.2) is 18.2 Å². The lowest BCUT2D eigenvalue weighted by Crippen LogP contribution is -2.35. The van der Waals surface area contributed by atoms with Crippen molar-refractivity contribution in [2.45, 2.75) is 38.8 Å². The van der Waals surface area contributed by atoms with E-state index in [9.17, 15) is 13.2 Å². The van der Waals surface area contributed by atoms with Gasteiger partial charge in [0.2, 0.25) is 5.67 Å². The molecule has 0 aliphatic rings. The average molecular weight is 277 g/mol. The van der Waals surface area contributed by atoms with Crippen molar-refractivity contribution < 1.29 is 22.6 Å². The Morgan fingerprint density at radius 3 is 2.42 bits per heavy atom. The lowest BCUT2D eigenvalue weighted by molar-refractivity contribution is -0.0487. The topological polar surface area (TPSA) is 31.4 Å². The molecule has 1 rings (SSSR count). The summed E-state index contributed by atoms with van der Waals surface area (Å²) in [5, 5.41) is 0. The van der Waals surface area contributed by atoms with E-state index in [1.165, 1.54) is 7.11 Å². The third kappa shape index (κ3) is 4.01. The molecule has 6 heteroatoms. The summed E-state index contributed by atoms with van der Waals surface area (Å²) >= 11 is 0. The van der Waals surface area contributed by atoms with Crippen molar-refractivity contribution >= 4 is 0 Å². The van der Waals surface area contributed by atoms with E-state index in [4.69, 9.17) is 9.47 Å². The predicted octanol–water partition coefficient (Wildman–Crippen LogP) is 3.59. The van der Waals surface area contributed by atoms with Crippen LogP contribution in [0.5, 0.6) is 11.6 Å². The highest BCUT2D eigenvalue weighted by atomic mass is 19.3. The first-order valence-corrected chi connectivity index (χ1v) is 5.92. The number of rotatable bonds is 6. The van der Waals surface area contributed by atoms with Gasteiger partial charge in [0.05, 0.1) is 7.11 Å². The Balaban J connectivity index is 2.84. The van der Waals surface area contributed by atoms with Crippen LogP contribution in [0.2, 0.25) is 0 Å². The van der Waals surface area contributed by atoms with Crippen LogP contribution in [0.25, 0.3) is 0 Å². The van der Waals surface area contributed by atoms with Crippen molar-refractivity contribution in [3.05, 3.63) is 17.8 Å². The van der Waals surface area contributed by atoms with Crippen LogP contribution >= 0.6 is 0 Å². The average Bonchev–Trinajstić information content (AvgIpc) is 2.35. The molecule has 1 aromatic heterocycles. The molecule has 0 amide bonds. The van der Waals surface area contributed by atoms with E-state index in [1.807, 2.05) is 13.8 Å². The Morgan fingerprint density at radius 2 is 1.95 bits per heavy atom. The molecule has 108 valence electrons. The molecule has 0 aliphatic carbocycles. The molecule has 0 bridgehead atoms. The van der Waals surface area contributed by atoms with Gasteiger partial charge in [-0.3, -0.25) is 0 Å². The minimum absolute atomic E-state index is 0.149. The maximum Gasteiger partial charge on any atom is 0.275 e. The van der Waals surface area contributed by atoms with Gasteiger partial charge >= 0.3 is 0 Å². The molecular weight excluding hydrogens is 259 g/mol. The van der Waals surface area contributed by atoms with E-state index in [-0.39, 0.29) is 17.5 Å². The first-order chi connectivity index (χ1) is 8.77.